The highest BCUT2D eigenvalue weighted by Gasteiger charge is 2.15. The molecular formula is C26H20BrClI2N4O3. The molecule has 0 spiro atoms. The van der Waals surface area contributed by atoms with E-state index < -0.39 is 0 Å². The van der Waals surface area contributed by atoms with Crippen LogP contribution in [-0.2, 0) is 4.79 Å². The summed E-state index contributed by atoms with van der Waals surface area (Å²) < 4.78 is 9.57. The van der Waals surface area contributed by atoms with Gasteiger partial charge in [0, 0.05) is 21.1 Å². The zero-order valence-electron chi connectivity index (χ0n) is 19.6. The Bertz CT molecular complexity index is 1550. The van der Waals surface area contributed by atoms with E-state index in [1.165, 1.54) is 4.68 Å². The van der Waals surface area contributed by atoms with Gasteiger partial charge in [-0.15, -0.1) is 0 Å². The monoisotopic (exact) mass is 804 g/mol. The van der Waals surface area contributed by atoms with Crippen molar-refractivity contribution in [2.75, 3.05) is 11.9 Å². The number of aromatic nitrogens is 2. The van der Waals surface area contributed by atoms with Gasteiger partial charge < -0.3 is 10.1 Å². The molecule has 1 aromatic heterocycles. The maximum atomic E-state index is 13.2. The minimum Gasteiger partial charge on any atom is -0.482 e. The zero-order chi connectivity index (χ0) is 26.7. The highest BCUT2D eigenvalue weighted by atomic mass is 127. The van der Waals surface area contributed by atoms with E-state index >= 15 is 0 Å². The summed E-state index contributed by atoms with van der Waals surface area (Å²) in [6.07, 6.45) is 1.63. The number of hydrogen-bond acceptors (Lipinski definition) is 5. The fourth-order valence-electron chi connectivity index (χ4n) is 3.44. The number of carbonyl (C=O) groups excluding carboxylic acids is 1. The molecule has 0 fully saturated rings. The largest absolute Gasteiger partial charge is 0.482 e. The summed E-state index contributed by atoms with van der Waals surface area (Å²) in [4.78, 5) is 30.2. The predicted molar refractivity (Wildman–Crippen MR) is 168 cm³/mol. The van der Waals surface area contributed by atoms with Crippen LogP contribution in [0.4, 0.5) is 5.69 Å². The van der Waals surface area contributed by atoms with E-state index in [0.717, 1.165) is 17.2 Å². The van der Waals surface area contributed by atoms with Crippen LogP contribution in [0.2, 0.25) is 5.02 Å². The Morgan fingerprint density at radius 1 is 1.16 bits per heavy atom. The summed E-state index contributed by atoms with van der Waals surface area (Å²) in [7, 11) is 0. The molecule has 0 atom stereocenters. The first-order chi connectivity index (χ1) is 17.6. The number of ether oxygens (including phenoxy) is 1. The number of nitrogens with one attached hydrogen (secondary N) is 1. The maximum Gasteiger partial charge on any atom is 0.282 e. The summed E-state index contributed by atoms with van der Waals surface area (Å²) in [5, 5.41) is 8.35. The van der Waals surface area contributed by atoms with E-state index in [2.05, 4.69) is 76.5 Å². The average Bonchev–Trinajstić information content (AvgIpc) is 2.84. The van der Waals surface area contributed by atoms with Crippen LogP contribution in [0, 0.1) is 7.14 Å². The zero-order valence-corrected chi connectivity index (χ0v) is 26.3. The van der Waals surface area contributed by atoms with Gasteiger partial charge in [-0.05, 0) is 105 Å². The van der Waals surface area contributed by atoms with Crippen LogP contribution in [0.15, 0.2) is 69.0 Å². The van der Waals surface area contributed by atoms with Gasteiger partial charge in [-0.1, -0.05) is 41.4 Å². The molecule has 4 rings (SSSR count). The molecule has 0 aliphatic heterocycles. The molecule has 0 aliphatic rings. The molecule has 11 heteroatoms. The molecule has 37 heavy (non-hydrogen) atoms. The van der Waals surface area contributed by atoms with Gasteiger partial charge in [-0.25, -0.2) is 4.98 Å². The first-order valence-corrected chi connectivity index (χ1v) is 14.4. The predicted octanol–water partition coefficient (Wildman–Crippen LogP) is 7.04. The Morgan fingerprint density at radius 2 is 1.84 bits per heavy atom. The number of amides is 1. The van der Waals surface area contributed by atoms with E-state index in [1.54, 1.807) is 36.5 Å². The van der Waals surface area contributed by atoms with Gasteiger partial charge in [0.05, 0.1) is 24.3 Å². The molecule has 0 bridgehead atoms. The Labute approximate surface area is 254 Å². The van der Waals surface area contributed by atoms with Crippen molar-refractivity contribution in [3.8, 4) is 5.75 Å². The molecule has 1 heterocycles. The number of benzene rings is 3. The fourth-order valence-corrected chi connectivity index (χ4v) is 6.05. The normalized spacial score (nSPS) is 11.4. The lowest BCUT2D eigenvalue weighted by Crippen LogP contribution is -2.23. The summed E-state index contributed by atoms with van der Waals surface area (Å²) in [6.45, 7) is 3.80. The van der Waals surface area contributed by atoms with E-state index in [0.29, 0.717) is 33.2 Å². The lowest BCUT2D eigenvalue weighted by atomic mass is 10.2. The van der Waals surface area contributed by atoms with Crippen molar-refractivity contribution in [1.29, 1.82) is 0 Å². The summed E-state index contributed by atoms with van der Waals surface area (Å²) >= 11 is 13.6. The molecule has 0 aliphatic carbocycles. The summed E-state index contributed by atoms with van der Waals surface area (Å²) in [5.74, 6) is 0.887. The molecule has 7 nitrogen and oxygen atoms in total. The van der Waals surface area contributed by atoms with Crippen LogP contribution in [0.5, 0.6) is 5.75 Å². The van der Waals surface area contributed by atoms with Crippen LogP contribution in [0.25, 0.3) is 10.9 Å². The van der Waals surface area contributed by atoms with Crippen molar-refractivity contribution in [3.63, 3.8) is 0 Å². The van der Waals surface area contributed by atoms with Crippen molar-refractivity contribution in [1.82, 2.24) is 9.66 Å². The Hall–Kier alpha value is -2.03. The van der Waals surface area contributed by atoms with Gasteiger partial charge in [-0.2, -0.15) is 9.78 Å². The lowest BCUT2D eigenvalue weighted by molar-refractivity contribution is -0.118. The van der Waals surface area contributed by atoms with Gasteiger partial charge in [0.1, 0.15) is 11.6 Å². The number of nitrogens with zero attached hydrogens (tertiary/aromatic N) is 3. The number of rotatable bonds is 7. The quantitative estimate of drug-likeness (QED) is 0.161. The van der Waals surface area contributed by atoms with E-state index in [4.69, 9.17) is 16.3 Å². The topological polar surface area (TPSA) is 85.6 Å². The molecule has 190 valence electrons. The van der Waals surface area contributed by atoms with Crippen LogP contribution in [-0.4, -0.2) is 28.4 Å². The van der Waals surface area contributed by atoms with Gasteiger partial charge in [0.15, 0.2) is 6.61 Å². The van der Waals surface area contributed by atoms with E-state index in [9.17, 15) is 9.59 Å². The SMILES string of the molecule is CC(C)c1nc2ccc(Br)cc2c(=O)n1N=Cc1cc(I)c(OCC(=O)Nc2ccc(Cl)cc2)c(I)c1. The van der Waals surface area contributed by atoms with Gasteiger partial charge >= 0.3 is 0 Å². The van der Waals surface area contributed by atoms with Crippen molar-refractivity contribution in [2.45, 2.75) is 19.8 Å². The molecule has 0 unspecified atom stereocenters. The van der Waals surface area contributed by atoms with Crippen LogP contribution < -0.4 is 15.6 Å². The maximum absolute atomic E-state index is 13.2. The molecule has 0 saturated carbocycles. The molecular weight excluding hydrogens is 785 g/mol. The Kier molecular flexibility index (Phi) is 9.24. The molecule has 1 amide bonds. The third kappa shape index (κ3) is 6.89. The Balaban J connectivity index is 1.55. The highest BCUT2D eigenvalue weighted by molar-refractivity contribution is 14.1. The average molecular weight is 806 g/mol. The van der Waals surface area contributed by atoms with Gasteiger partial charge in [0.25, 0.3) is 11.5 Å². The van der Waals surface area contributed by atoms with Crippen molar-refractivity contribution < 1.29 is 9.53 Å². The van der Waals surface area contributed by atoms with Crippen molar-refractivity contribution in [2.24, 2.45) is 5.10 Å². The second-order valence-electron chi connectivity index (χ2n) is 8.31. The van der Waals surface area contributed by atoms with Gasteiger partial charge in [0.2, 0.25) is 0 Å². The smallest absolute Gasteiger partial charge is 0.282 e. The number of halogens is 4. The molecule has 0 radical (unpaired) electrons. The summed E-state index contributed by atoms with van der Waals surface area (Å²) in [5.41, 5.74) is 1.82. The van der Waals surface area contributed by atoms with Crippen LogP contribution in [0.1, 0.15) is 31.2 Å². The third-order valence-electron chi connectivity index (χ3n) is 5.17. The molecule has 0 saturated heterocycles. The van der Waals surface area contributed by atoms with E-state index in [-0.39, 0.29) is 24.0 Å². The summed E-state index contributed by atoms with van der Waals surface area (Å²) in [6, 6.07) is 16.0. The minimum atomic E-state index is -0.282. The number of anilines is 1. The van der Waals surface area contributed by atoms with Crippen molar-refractivity contribution >= 4 is 101 Å². The lowest BCUT2D eigenvalue weighted by Gasteiger charge is -2.13. The van der Waals surface area contributed by atoms with E-state index in [1.807, 2.05) is 38.1 Å². The standard InChI is InChI=1S/C26H20BrClI2N4O3/c1-14(2)25-33-22-8-3-16(27)11-19(22)26(36)34(25)31-12-15-9-20(29)24(21(30)10-15)37-13-23(35)32-18-6-4-17(28)5-7-18/h3-12,14H,13H2,1-2H3,(H,32,35). The highest BCUT2D eigenvalue weighted by Crippen LogP contribution is 2.29. The second kappa shape index (κ2) is 12.2. The number of fused-ring (bicyclic) bond motifs is 1. The van der Waals surface area contributed by atoms with Gasteiger partial charge in [-0.3, -0.25) is 9.59 Å². The van der Waals surface area contributed by atoms with Crippen molar-refractivity contribution in [3.05, 3.63) is 93.0 Å². The first-order valence-electron chi connectivity index (χ1n) is 11.1. The number of carbonyl (C=O) groups is 1. The Morgan fingerprint density at radius 3 is 2.49 bits per heavy atom. The molecule has 3 aromatic carbocycles. The minimum absolute atomic E-state index is 0.00651. The fraction of sp³-hybridized carbons (Fsp3) is 0.154. The number of hydrogen-bond donors (Lipinski definition) is 1. The van der Waals surface area contributed by atoms with Crippen LogP contribution in [0.3, 0.4) is 0 Å². The molecule has 1 N–H and O–H groups in total. The second-order valence-corrected chi connectivity index (χ2v) is 12.0. The molecule has 4 aromatic rings. The van der Waals surface area contributed by atoms with Crippen LogP contribution >= 0.6 is 72.7 Å². The first kappa shape index (κ1) is 28.0. The third-order valence-corrected chi connectivity index (χ3v) is 7.52.